The van der Waals surface area contributed by atoms with E-state index in [1.807, 2.05) is 79.7 Å². The molecule has 168 valence electrons. The number of thioether (sulfide) groups is 1. The average Bonchev–Trinajstić information content (AvgIpc) is 2.87. The summed E-state index contributed by atoms with van der Waals surface area (Å²) in [4.78, 5) is 12.7. The molecule has 4 aromatic rings. The predicted octanol–water partition coefficient (Wildman–Crippen LogP) is 5.28. The van der Waals surface area contributed by atoms with Crippen LogP contribution in [0.25, 0.3) is 22.0 Å². The molecule has 0 spiro atoms. The number of hydrogen-bond acceptors (Lipinski definition) is 6. The van der Waals surface area contributed by atoms with Crippen molar-refractivity contribution in [3.63, 3.8) is 0 Å². The standard InChI is InChI=1S/C26H25N3O3S/c1-17(22-15-19(31-2)13-14-23(22)32-3)27-24(30)16-33-26-21-12-8-7-11-20(21)25(28-29-26)18-9-5-4-6-10-18/h4-15,17H,16H2,1-3H3,(H,27,30)/t17-/m1/s1. The van der Waals surface area contributed by atoms with Gasteiger partial charge < -0.3 is 14.8 Å². The van der Waals surface area contributed by atoms with Gasteiger partial charge >= 0.3 is 0 Å². The van der Waals surface area contributed by atoms with E-state index in [0.717, 1.165) is 32.6 Å². The minimum atomic E-state index is -0.244. The van der Waals surface area contributed by atoms with Gasteiger partial charge in [-0.3, -0.25) is 4.79 Å². The van der Waals surface area contributed by atoms with Crippen LogP contribution in [0.2, 0.25) is 0 Å². The molecule has 3 aromatic carbocycles. The monoisotopic (exact) mass is 459 g/mol. The Morgan fingerprint density at radius 1 is 0.939 bits per heavy atom. The highest BCUT2D eigenvalue weighted by Crippen LogP contribution is 2.32. The summed E-state index contributed by atoms with van der Waals surface area (Å²) in [5.41, 5.74) is 2.70. The largest absolute Gasteiger partial charge is 0.497 e. The number of nitrogens with one attached hydrogen (secondary N) is 1. The number of nitrogens with zero attached hydrogens (tertiary/aromatic N) is 2. The summed E-state index contributed by atoms with van der Waals surface area (Å²) in [7, 11) is 3.22. The van der Waals surface area contributed by atoms with E-state index >= 15 is 0 Å². The second-order valence-electron chi connectivity index (χ2n) is 7.45. The van der Waals surface area contributed by atoms with Crippen molar-refractivity contribution in [1.82, 2.24) is 15.5 Å². The molecule has 0 aliphatic rings. The molecule has 1 amide bonds. The maximum atomic E-state index is 12.7. The molecule has 1 atom stereocenters. The number of carbonyl (C=O) groups excluding carboxylic acids is 1. The number of amides is 1. The van der Waals surface area contributed by atoms with Gasteiger partial charge in [-0.05, 0) is 25.1 Å². The Morgan fingerprint density at radius 3 is 2.39 bits per heavy atom. The van der Waals surface area contributed by atoms with Crippen LogP contribution in [0, 0.1) is 0 Å². The summed E-state index contributed by atoms with van der Waals surface area (Å²) in [6.07, 6.45) is 0. The molecule has 0 radical (unpaired) electrons. The number of ether oxygens (including phenoxy) is 2. The smallest absolute Gasteiger partial charge is 0.230 e. The van der Waals surface area contributed by atoms with Crippen LogP contribution in [-0.4, -0.2) is 36.1 Å². The van der Waals surface area contributed by atoms with Crippen molar-refractivity contribution in [2.75, 3.05) is 20.0 Å². The van der Waals surface area contributed by atoms with Crippen molar-refractivity contribution in [3.8, 4) is 22.8 Å². The first kappa shape index (κ1) is 22.6. The van der Waals surface area contributed by atoms with Gasteiger partial charge in [0.25, 0.3) is 0 Å². The molecule has 0 aliphatic heterocycles. The predicted molar refractivity (Wildman–Crippen MR) is 132 cm³/mol. The number of benzene rings is 3. The highest BCUT2D eigenvalue weighted by molar-refractivity contribution is 8.00. The van der Waals surface area contributed by atoms with E-state index in [2.05, 4.69) is 15.5 Å². The van der Waals surface area contributed by atoms with Crippen LogP contribution in [0.5, 0.6) is 11.5 Å². The minimum Gasteiger partial charge on any atom is -0.497 e. The van der Waals surface area contributed by atoms with E-state index < -0.39 is 0 Å². The number of hydrogen-bond donors (Lipinski definition) is 1. The lowest BCUT2D eigenvalue weighted by atomic mass is 10.1. The van der Waals surface area contributed by atoms with Crippen molar-refractivity contribution in [2.24, 2.45) is 0 Å². The van der Waals surface area contributed by atoms with Crippen LogP contribution in [-0.2, 0) is 4.79 Å². The van der Waals surface area contributed by atoms with Crippen LogP contribution in [0.4, 0.5) is 0 Å². The Kier molecular flexibility index (Phi) is 7.10. The van der Waals surface area contributed by atoms with Crippen molar-refractivity contribution < 1.29 is 14.3 Å². The molecule has 0 bridgehead atoms. The Morgan fingerprint density at radius 2 is 1.67 bits per heavy atom. The van der Waals surface area contributed by atoms with Crippen LogP contribution in [0.3, 0.4) is 0 Å². The lowest BCUT2D eigenvalue weighted by Gasteiger charge is -2.18. The lowest BCUT2D eigenvalue weighted by Crippen LogP contribution is -2.28. The zero-order valence-electron chi connectivity index (χ0n) is 18.7. The van der Waals surface area contributed by atoms with Gasteiger partial charge in [0.05, 0.1) is 26.0 Å². The third-order valence-corrected chi connectivity index (χ3v) is 6.30. The fraction of sp³-hybridized carbons (Fsp3) is 0.192. The maximum Gasteiger partial charge on any atom is 0.230 e. The van der Waals surface area contributed by atoms with Crippen LogP contribution in [0.15, 0.2) is 77.8 Å². The Bertz CT molecular complexity index is 1260. The topological polar surface area (TPSA) is 73.3 Å². The molecule has 1 N–H and O–H groups in total. The van der Waals surface area contributed by atoms with Gasteiger partial charge in [0.1, 0.15) is 22.2 Å². The quantitative estimate of drug-likeness (QED) is 0.361. The normalized spacial score (nSPS) is 11.7. The molecule has 1 heterocycles. The second kappa shape index (κ2) is 10.4. The van der Waals surface area contributed by atoms with E-state index in [0.29, 0.717) is 11.5 Å². The molecule has 0 aliphatic carbocycles. The number of fused-ring (bicyclic) bond motifs is 1. The summed E-state index contributed by atoms with van der Waals surface area (Å²) in [5.74, 6) is 1.53. The SMILES string of the molecule is COc1ccc(OC)c([C@@H](C)NC(=O)CSc2nnc(-c3ccccc3)c3ccccc23)c1. The van der Waals surface area contributed by atoms with Crippen molar-refractivity contribution >= 4 is 28.4 Å². The second-order valence-corrected chi connectivity index (χ2v) is 8.42. The molecule has 0 saturated carbocycles. The van der Waals surface area contributed by atoms with E-state index in [-0.39, 0.29) is 17.7 Å². The Balaban J connectivity index is 1.50. The minimum absolute atomic E-state index is 0.101. The Labute approximate surface area is 197 Å². The molecule has 4 rings (SSSR count). The van der Waals surface area contributed by atoms with Crippen molar-refractivity contribution in [2.45, 2.75) is 18.0 Å². The highest BCUT2D eigenvalue weighted by atomic mass is 32.2. The van der Waals surface area contributed by atoms with E-state index in [1.165, 1.54) is 11.8 Å². The van der Waals surface area contributed by atoms with Gasteiger partial charge in [-0.15, -0.1) is 10.2 Å². The summed E-state index contributed by atoms with van der Waals surface area (Å²) in [6, 6.07) is 23.3. The average molecular weight is 460 g/mol. The summed E-state index contributed by atoms with van der Waals surface area (Å²) in [6.45, 7) is 1.92. The molecule has 33 heavy (non-hydrogen) atoms. The Hall–Kier alpha value is -3.58. The van der Waals surface area contributed by atoms with Crippen molar-refractivity contribution in [3.05, 3.63) is 78.4 Å². The van der Waals surface area contributed by atoms with E-state index in [9.17, 15) is 4.79 Å². The molecule has 0 saturated heterocycles. The number of carbonyl (C=O) groups is 1. The molecular formula is C26H25N3O3S. The number of aromatic nitrogens is 2. The first-order valence-electron chi connectivity index (χ1n) is 10.6. The van der Waals surface area contributed by atoms with Crippen LogP contribution < -0.4 is 14.8 Å². The van der Waals surface area contributed by atoms with Crippen molar-refractivity contribution in [1.29, 1.82) is 0 Å². The molecule has 0 unspecified atom stereocenters. The molecule has 7 heteroatoms. The first-order valence-corrected chi connectivity index (χ1v) is 11.5. The van der Waals surface area contributed by atoms with Gasteiger partial charge in [0.15, 0.2) is 0 Å². The first-order chi connectivity index (χ1) is 16.1. The zero-order valence-corrected chi connectivity index (χ0v) is 19.6. The number of methoxy groups -OCH3 is 2. The summed E-state index contributed by atoms with van der Waals surface area (Å²) < 4.78 is 10.8. The van der Waals surface area contributed by atoms with Gasteiger partial charge in [0, 0.05) is 21.9 Å². The van der Waals surface area contributed by atoms with E-state index in [1.54, 1.807) is 14.2 Å². The van der Waals surface area contributed by atoms with Gasteiger partial charge in [-0.1, -0.05) is 66.4 Å². The fourth-order valence-corrected chi connectivity index (χ4v) is 4.45. The molecular weight excluding hydrogens is 434 g/mol. The summed E-state index contributed by atoms with van der Waals surface area (Å²) in [5, 5.41) is 14.7. The van der Waals surface area contributed by atoms with Gasteiger partial charge in [0.2, 0.25) is 5.91 Å². The molecule has 6 nitrogen and oxygen atoms in total. The zero-order chi connectivity index (χ0) is 23.2. The molecule has 1 aromatic heterocycles. The summed E-state index contributed by atoms with van der Waals surface area (Å²) >= 11 is 1.38. The number of rotatable bonds is 8. The van der Waals surface area contributed by atoms with Crippen LogP contribution in [0.1, 0.15) is 18.5 Å². The third-order valence-electron chi connectivity index (χ3n) is 5.32. The third kappa shape index (κ3) is 5.09. The highest BCUT2D eigenvalue weighted by Gasteiger charge is 2.17. The van der Waals surface area contributed by atoms with Gasteiger partial charge in [-0.25, -0.2) is 0 Å². The maximum absolute atomic E-state index is 12.7. The molecule has 0 fully saturated rings. The lowest BCUT2D eigenvalue weighted by molar-refractivity contribution is -0.119. The van der Waals surface area contributed by atoms with E-state index in [4.69, 9.17) is 9.47 Å². The van der Waals surface area contributed by atoms with Gasteiger partial charge in [-0.2, -0.15) is 0 Å². The fourth-order valence-electron chi connectivity index (χ4n) is 3.67. The van der Waals surface area contributed by atoms with Crippen LogP contribution >= 0.6 is 11.8 Å².